The van der Waals surface area contributed by atoms with Crippen molar-refractivity contribution in [3.63, 3.8) is 0 Å². The van der Waals surface area contributed by atoms with E-state index in [0.29, 0.717) is 16.5 Å². The molecule has 2 aromatic carbocycles. The van der Waals surface area contributed by atoms with E-state index in [0.717, 1.165) is 28.3 Å². The average Bonchev–Trinajstić information content (AvgIpc) is 3.21. The number of aromatic nitrogens is 2. The molecular weight excluding hydrogens is 373 g/mol. The van der Waals surface area contributed by atoms with Gasteiger partial charge < -0.3 is 5.32 Å². The number of amides is 1. The number of hydrogen-bond donors (Lipinski definition) is 1. The van der Waals surface area contributed by atoms with Crippen LogP contribution in [0.3, 0.4) is 0 Å². The van der Waals surface area contributed by atoms with Gasteiger partial charge in [0, 0.05) is 22.1 Å². The fraction of sp³-hybridized carbons (Fsp3) is 0.158. The van der Waals surface area contributed by atoms with Gasteiger partial charge in [-0.25, -0.2) is 9.07 Å². The van der Waals surface area contributed by atoms with Crippen LogP contribution in [-0.2, 0) is 22.7 Å². The number of anilines is 1. The number of carbonyl (C=O) groups excluding carboxylic acids is 1. The molecule has 0 aliphatic carbocycles. The lowest BCUT2D eigenvalue weighted by atomic mass is 10.1. The maximum Gasteiger partial charge on any atom is 0.230 e. The zero-order chi connectivity index (χ0) is 18.1. The molecule has 26 heavy (non-hydrogen) atoms. The highest BCUT2D eigenvalue weighted by Gasteiger charge is 2.24. The molecule has 0 unspecified atom stereocenters. The van der Waals surface area contributed by atoms with Crippen molar-refractivity contribution >= 4 is 35.1 Å². The van der Waals surface area contributed by atoms with E-state index in [2.05, 4.69) is 10.4 Å². The predicted molar refractivity (Wildman–Crippen MR) is 102 cm³/mol. The van der Waals surface area contributed by atoms with E-state index in [1.165, 1.54) is 12.1 Å². The highest BCUT2D eigenvalue weighted by atomic mass is 35.5. The quantitative estimate of drug-likeness (QED) is 0.712. The molecule has 1 aromatic heterocycles. The van der Waals surface area contributed by atoms with E-state index in [9.17, 15) is 9.18 Å². The minimum absolute atomic E-state index is 0.166. The Labute approximate surface area is 159 Å². The monoisotopic (exact) mass is 387 g/mol. The topological polar surface area (TPSA) is 46.9 Å². The van der Waals surface area contributed by atoms with Gasteiger partial charge in [-0.2, -0.15) is 16.9 Å². The summed E-state index contributed by atoms with van der Waals surface area (Å²) < 4.78 is 14.9. The summed E-state index contributed by atoms with van der Waals surface area (Å²) in [7, 11) is 0. The number of halogens is 2. The van der Waals surface area contributed by atoms with Crippen molar-refractivity contribution in [1.82, 2.24) is 9.78 Å². The molecule has 0 spiro atoms. The van der Waals surface area contributed by atoms with Gasteiger partial charge >= 0.3 is 0 Å². The van der Waals surface area contributed by atoms with E-state index in [4.69, 9.17) is 11.6 Å². The van der Waals surface area contributed by atoms with Gasteiger partial charge in [0.2, 0.25) is 5.91 Å². The fourth-order valence-electron chi connectivity index (χ4n) is 2.90. The molecule has 0 radical (unpaired) electrons. The molecule has 0 saturated heterocycles. The molecule has 0 fully saturated rings. The van der Waals surface area contributed by atoms with Crippen LogP contribution in [0.25, 0.3) is 5.69 Å². The third-order valence-corrected chi connectivity index (χ3v) is 5.53. The van der Waals surface area contributed by atoms with Crippen molar-refractivity contribution in [2.75, 3.05) is 5.32 Å². The van der Waals surface area contributed by atoms with Crippen LogP contribution in [0.15, 0.2) is 48.5 Å². The van der Waals surface area contributed by atoms with Crippen molar-refractivity contribution in [1.29, 1.82) is 0 Å². The van der Waals surface area contributed by atoms with Crippen molar-refractivity contribution < 1.29 is 9.18 Å². The highest BCUT2D eigenvalue weighted by molar-refractivity contribution is 7.98. The number of nitrogens with zero attached hydrogens (tertiary/aromatic N) is 2. The summed E-state index contributed by atoms with van der Waals surface area (Å²) in [4.78, 5) is 12.6. The number of carbonyl (C=O) groups is 1. The van der Waals surface area contributed by atoms with Crippen LogP contribution in [0.1, 0.15) is 16.8 Å². The normalized spacial score (nSPS) is 12.8. The molecule has 1 aliphatic rings. The number of fused-ring (bicyclic) bond motifs is 1. The smallest absolute Gasteiger partial charge is 0.230 e. The van der Waals surface area contributed by atoms with Gasteiger partial charge in [0.25, 0.3) is 0 Å². The Morgan fingerprint density at radius 2 is 1.96 bits per heavy atom. The molecule has 1 N–H and O–H groups in total. The summed E-state index contributed by atoms with van der Waals surface area (Å²) in [5.41, 5.74) is 3.45. The van der Waals surface area contributed by atoms with Gasteiger partial charge in [-0.15, -0.1) is 0 Å². The van der Waals surface area contributed by atoms with Crippen molar-refractivity contribution in [2.45, 2.75) is 17.9 Å². The third kappa shape index (κ3) is 3.34. The van der Waals surface area contributed by atoms with Crippen LogP contribution >= 0.6 is 23.4 Å². The summed E-state index contributed by atoms with van der Waals surface area (Å²) in [6.07, 6.45) is 0.177. The van der Waals surface area contributed by atoms with Gasteiger partial charge in [0.15, 0.2) is 0 Å². The zero-order valence-electron chi connectivity index (χ0n) is 13.7. The first kappa shape index (κ1) is 17.1. The summed E-state index contributed by atoms with van der Waals surface area (Å²) in [5.74, 6) is 1.76. The predicted octanol–water partition coefficient (Wildman–Crippen LogP) is 4.59. The highest BCUT2D eigenvalue weighted by Crippen LogP contribution is 2.36. The molecule has 0 bridgehead atoms. The van der Waals surface area contributed by atoms with Gasteiger partial charge in [0.05, 0.1) is 17.8 Å². The molecule has 1 amide bonds. The van der Waals surface area contributed by atoms with E-state index in [1.807, 2.05) is 18.2 Å². The first-order valence-corrected chi connectivity index (χ1v) is 9.63. The molecule has 2 heterocycles. The van der Waals surface area contributed by atoms with Crippen LogP contribution in [0.5, 0.6) is 0 Å². The second-order valence-corrected chi connectivity index (χ2v) is 7.36. The number of nitrogens with one attached hydrogen (secondary N) is 1. The number of benzene rings is 2. The molecule has 0 atom stereocenters. The standard InChI is InChI=1S/C19H15ClFN3OS/c20-16-4-2-1-3-12(16)9-18(25)22-19-15-10-26-11-17(15)23-24(19)14-7-5-13(21)6-8-14/h1-8H,9-11H2,(H,22,25). The van der Waals surface area contributed by atoms with E-state index in [-0.39, 0.29) is 18.1 Å². The fourth-order valence-corrected chi connectivity index (χ4v) is 4.14. The summed E-state index contributed by atoms with van der Waals surface area (Å²) >= 11 is 7.90. The van der Waals surface area contributed by atoms with E-state index < -0.39 is 0 Å². The molecule has 132 valence electrons. The Morgan fingerprint density at radius 3 is 2.73 bits per heavy atom. The van der Waals surface area contributed by atoms with Gasteiger partial charge in [-0.3, -0.25) is 4.79 Å². The molecule has 7 heteroatoms. The largest absolute Gasteiger partial charge is 0.310 e. The van der Waals surface area contributed by atoms with Crippen LogP contribution in [0, 0.1) is 5.82 Å². The Hall–Kier alpha value is -2.31. The molecular formula is C19H15ClFN3OS. The Balaban J connectivity index is 1.64. The lowest BCUT2D eigenvalue weighted by molar-refractivity contribution is -0.115. The minimum Gasteiger partial charge on any atom is -0.310 e. The second kappa shape index (κ2) is 7.13. The van der Waals surface area contributed by atoms with Gasteiger partial charge in [-0.1, -0.05) is 29.8 Å². The first-order valence-electron chi connectivity index (χ1n) is 8.09. The van der Waals surface area contributed by atoms with E-state index in [1.54, 1.807) is 34.6 Å². The number of hydrogen-bond acceptors (Lipinski definition) is 3. The number of thioether (sulfide) groups is 1. The van der Waals surface area contributed by atoms with E-state index >= 15 is 0 Å². The lowest BCUT2D eigenvalue weighted by Crippen LogP contribution is -2.18. The van der Waals surface area contributed by atoms with Crippen LogP contribution in [0.4, 0.5) is 10.2 Å². The molecule has 4 rings (SSSR count). The summed E-state index contributed by atoms with van der Waals surface area (Å²) in [6.45, 7) is 0. The van der Waals surface area contributed by atoms with Gasteiger partial charge in [-0.05, 0) is 35.9 Å². The second-order valence-electron chi connectivity index (χ2n) is 5.97. The third-order valence-electron chi connectivity index (χ3n) is 4.19. The number of rotatable bonds is 4. The average molecular weight is 388 g/mol. The first-order chi connectivity index (χ1) is 12.6. The van der Waals surface area contributed by atoms with Crippen LogP contribution in [-0.4, -0.2) is 15.7 Å². The van der Waals surface area contributed by atoms with Crippen molar-refractivity contribution in [3.8, 4) is 5.69 Å². The van der Waals surface area contributed by atoms with Gasteiger partial charge in [0.1, 0.15) is 11.6 Å². The Kier molecular flexibility index (Phi) is 4.70. The summed E-state index contributed by atoms with van der Waals surface area (Å²) in [5, 5.41) is 8.14. The molecule has 4 nitrogen and oxygen atoms in total. The Bertz CT molecular complexity index is 971. The SMILES string of the molecule is O=C(Cc1ccccc1Cl)Nc1c2c(nn1-c1ccc(F)cc1)CSC2. The maximum atomic E-state index is 13.2. The molecule has 1 aliphatic heterocycles. The summed E-state index contributed by atoms with van der Waals surface area (Å²) in [6, 6.07) is 13.3. The minimum atomic E-state index is -0.312. The molecule has 0 saturated carbocycles. The lowest BCUT2D eigenvalue weighted by Gasteiger charge is -2.11. The Morgan fingerprint density at radius 1 is 1.19 bits per heavy atom. The van der Waals surface area contributed by atoms with Crippen LogP contribution < -0.4 is 5.32 Å². The van der Waals surface area contributed by atoms with Crippen molar-refractivity contribution in [3.05, 3.63) is 76.2 Å². The van der Waals surface area contributed by atoms with Crippen LogP contribution in [0.2, 0.25) is 5.02 Å². The molecule has 3 aromatic rings. The maximum absolute atomic E-state index is 13.2. The van der Waals surface area contributed by atoms with Crippen molar-refractivity contribution in [2.24, 2.45) is 0 Å². The zero-order valence-corrected chi connectivity index (χ0v) is 15.3.